The summed E-state index contributed by atoms with van der Waals surface area (Å²) in [6.45, 7) is 3.88. The van der Waals surface area contributed by atoms with Crippen molar-refractivity contribution in [3.63, 3.8) is 0 Å². The van der Waals surface area contributed by atoms with Crippen molar-refractivity contribution in [2.24, 2.45) is 0 Å². The second kappa shape index (κ2) is 8.29. The van der Waals surface area contributed by atoms with Gasteiger partial charge < -0.3 is 4.74 Å². The minimum Gasteiger partial charge on any atom is -0.457 e. The number of benzene rings is 2. The summed E-state index contributed by atoms with van der Waals surface area (Å²) in [4.78, 5) is 11.8. The van der Waals surface area contributed by atoms with Gasteiger partial charge in [-0.2, -0.15) is 0 Å². The average Bonchev–Trinajstić information content (AvgIpc) is 2.54. The molecule has 0 heterocycles. The van der Waals surface area contributed by atoms with Gasteiger partial charge in [0.1, 0.15) is 6.61 Å². The molecule has 3 nitrogen and oxygen atoms in total. The lowest BCUT2D eigenvalue weighted by atomic mass is 10.2. The van der Waals surface area contributed by atoms with E-state index in [1.54, 1.807) is 0 Å². The van der Waals surface area contributed by atoms with Crippen molar-refractivity contribution in [1.82, 2.24) is 0 Å². The van der Waals surface area contributed by atoms with E-state index in [2.05, 4.69) is 6.58 Å². The Morgan fingerprint density at radius 3 is 2.09 bits per heavy atom. The molecule has 0 amide bonds. The van der Waals surface area contributed by atoms with Gasteiger partial charge in [0.05, 0.1) is 5.75 Å². The van der Waals surface area contributed by atoms with Gasteiger partial charge in [-0.15, -0.1) is 0 Å². The van der Waals surface area contributed by atoms with Gasteiger partial charge in [-0.05, 0) is 11.1 Å². The Morgan fingerprint density at radius 1 is 0.955 bits per heavy atom. The Balaban J connectivity index is 1.78. The largest absolute Gasteiger partial charge is 0.457 e. The molecule has 1 unspecified atom stereocenters. The Hall–Kier alpha value is -2.20. The summed E-state index contributed by atoms with van der Waals surface area (Å²) >= 11 is 0. The first-order chi connectivity index (χ1) is 10.6. The molecular weight excluding hydrogens is 296 g/mol. The first-order valence-corrected chi connectivity index (χ1v) is 8.41. The minimum absolute atomic E-state index is 0.127. The van der Waals surface area contributed by atoms with E-state index in [1.165, 1.54) is 0 Å². The average molecular weight is 314 g/mol. The zero-order valence-electron chi connectivity index (χ0n) is 12.2. The van der Waals surface area contributed by atoms with Gasteiger partial charge in [-0.1, -0.05) is 67.2 Å². The molecule has 22 heavy (non-hydrogen) atoms. The van der Waals surface area contributed by atoms with Crippen molar-refractivity contribution >= 4 is 16.8 Å². The predicted molar refractivity (Wildman–Crippen MR) is 88.5 cm³/mol. The first-order valence-electron chi connectivity index (χ1n) is 6.93. The van der Waals surface area contributed by atoms with Crippen LogP contribution < -0.4 is 0 Å². The number of carbonyl (C=O) groups is 1. The van der Waals surface area contributed by atoms with E-state index in [-0.39, 0.29) is 17.9 Å². The molecule has 0 radical (unpaired) electrons. The molecule has 1 atom stereocenters. The molecule has 0 aliphatic heterocycles. The number of ether oxygens (including phenoxy) is 1. The van der Waals surface area contributed by atoms with Crippen LogP contribution in [0, 0.1) is 0 Å². The summed E-state index contributed by atoms with van der Waals surface area (Å²) < 4.78 is 17.2. The highest BCUT2D eigenvalue weighted by Gasteiger charge is 2.12. The molecule has 0 aliphatic rings. The van der Waals surface area contributed by atoms with Crippen LogP contribution in [0.1, 0.15) is 11.1 Å². The molecule has 2 aromatic carbocycles. The van der Waals surface area contributed by atoms with Gasteiger partial charge in [-0.3, -0.25) is 4.21 Å². The number of esters is 1. The number of hydrogen-bond donors (Lipinski definition) is 0. The summed E-state index contributed by atoms with van der Waals surface area (Å²) in [5.41, 5.74) is 2.13. The molecule has 0 saturated carbocycles. The lowest BCUT2D eigenvalue weighted by Crippen LogP contribution is -2.13. The third kappa shape index (κ3) is 5.30. The van der Waals surface area contributed by atoms with Crippen molar-refractivity contribution in [3.8, 4) is 0 Å². The standard InChI is InChI=1S/C18H18O3S/c1-15(13-22(20)14-17-10-6-3-7-11-17)18(19)21-12-16-8-4-2-5-9-16/h2-11H,1,12-14H2. The molecular formula is C18H18O3S. The van der Waals surface area contributed by atoms with Crippen LogP contribution in [-0.4, -0.2) is 15.9 Å². The highest BCUT2D eigenvalue weighted by Crippen LogP contribution is 2.08. The summed E-state index contributed by atoms with van der Waals surface area (Å²) in [6.07, 6.45) is 0. The van der Waals surface area contributed by atoms with E-state index in [9.17, 15) is 9.00 Å². The van der Waals surface area contributed by atoms with Gasteiger partial charge >= 0.3 is 5.97 Å². The van der Waals surface area contributed by atoms with Gasteiger partial charge in [-0.25, -0.2) is 4.79 Å². The maximum Gasteiger partial charge on any atom is 0.334 e. The lowest BCUT2D eigenvalue weighted by Gasteiger charge is -2.07. The first kappa shape index (κ1) is 16.2. The highest BCUT2D eigenvalue weighted by molar-refractivity contribution is 7.84. The second-order valence-electron chi connectivity index (χ2n) is 4.88. The molecule has 0 N–H and O–H groups in total. The molecule has 0 aliphatic carbocycles. The van der Waals surface area contributed by atoms with Gasteiger partial charge in [0.2, 0.25) is 0 Å². The van der Waals surface area contributed by atoms with E-state index < -0.39 is 16.8 Å². The molecule has 0 bridgehead atoms. The van der Waals surface area contributed by atoms with Crippen molar-refractivity contribution in [2.75, 3.05) is 5.75 Å². The fraction of sp³-hybridized carbons (Fsp3) is 0.167. The molecule has 2 aromatic rings. The van der Waals surface area contributed by atoms with E-state index in [0.717, 1.165) is 11.1 Å². The van der Waals surface area contributed by atoms with E-state index >= 15 is 0 Å². The van der Waals surface area contributed by atoms with Crippen molar-refractivity contribution < 1.29 is 13.7 Å². The highest BCUT2D eigenvalue weighted by atomic mass is 32.2. The summed E-state index contributed by atoms with van der Waals surface area (Å²) in [7, 11) is -1.17. The molecule has 114 valence electrons. The Labute approximate surface area is 133 Å². The number of hydrogen-bond acceptors (Lipinski definition) is 3. The van der Waals surface area contributed by atoms with E-state index in [0.29, 0.717) is 5.75 Å². The van der Waals surface area contributed by atoms with Gasteiger partial charge in [0.15, 0.2) is 0 Å². The Kier molecular flexibility index (Phi) is 6.10. The summed E-state index contributed by atoms with van der Waals surface area (Å²) in [6, 6.07) is 18.9. The SMILES string of the molecule is C=C(CS(=O)Cc1ccccc1)C(=O)OCc1ccccc1. The van der Waals surface area contributed by atoms with Crippen molar-refractivity contribution in [3.05, 3.63) is 83.9 Å². The quantitative estimate of drug-likeness (QED) is 0.582. The van der Waals surface area contributed by atoms with Crippen LogP contribution in [0.2, 0.25) is 0 Å². The Bertz CT molecular complexity index is 651. The zero-order valence-corrected chi connectivity index (χ0v) is 13.1. The molecule has 0 aromatic heterocycles. The van der Waals surface area contributed by atoms with Crippen LogP contribution in [0.15, 0.2) is 72.8 Å². The van der Waals surface area contributed by atoms with Crippen molar-refractivity contribution in [1.29, 1.82) is 0 Å². The normalized spacial score (nSPS) is 11.6. The molecule has 4 heteroatoms. The smallest absolute Gasteiger partial charge is 0.334 e. The topological polar surface area (TPSA) is 43.4 Å². The minimum atomic E-state index is -1.17. The monoisotopic (exact) mass is 314 g/mol. The van der Waals surface area contributed by atoms with E-state index in [1.807, 2.05) is 60.7 Å². The maximum atomic E-state index is 12.0. The summed E-state index contributed by atoms with van der Waals surface area (Å²) in [5, 5.41) is 0. The maximum absolute atomic E-state index is 12.0. The zero-order chi connectivity index (χ0) is 15.8. The number of rotatable bonds is 7. The Morgan fingerprint density at radius 2 is 1.50 bits per heavy atom. The van der Waals surface area contributed by atoms with Crippen LogP contribution in [0.4, 0.5) is 0 Å². The van der Waals surface area contributed by atoms with Gasteiger partial charge in [0.25, 0.3) is 0 Å². The van der Waals surface area contributed by atoms with Crippen molar-refractivity contribution in [2.45, 2.75) is 12.4 Å². The fourth-order valence-electron chi connectivity index (χ4n) is 1.89. The molecule has 0 spiro atoms. The van der Waals surface area contributed by atoms with E-state index in [4.69, 9.17) is 4.74 Å². The molecule has 2 rings (SSSR count). The number of carbonyl (C=O) groups excluding carboxylic acids is 1. The van der Waals surface area contributed by atoms with Crippen LogP contribution in [-0.2, 0) is 32.7 Å². The van der Waals surface area contributed by atoms with Gasteiger partial charge in [0, 0.05) is 22.1 Å². The van der Waals surface area contributed by atoms with Crippen LogP contribution in [0.25, 0.3) is 0 Å². The van der Waals surface area contributed by atoms with Crippen LogP contribution in [0.3, 0.4) is 0 Å². The van der Waals surface area contributed by atoms with Crippen LogP contribution in [0.5, 0.6) is 0 Å². The summed E-state index contributed by atoms with van der Waals surface area (Å²) in [5.74, 6) is 0.0409. The third-order valence-electron chi connectivity index (χ3n) is 3.01. The van der Waals surface area contributed by atoms with Crippen LogP contribution >= 0.6 is 0 Å². The fourth-order valence-corrected chi connectivity index (χ4v) is 3.06. The second-order valence-corrected chi connectivity index (χ2v) is 6.34. The predicted octanol–water partition coefficient (Wildman–Crippen LogP) is 3.23. The molecule has 0 saturated heterocycles. The molecule has 0 fully saturated rings. The third-order valence-corrected chi connectivity index (χ3v) is 4.33. The lowest BCUT2D eigenvalue weighted by molar-refractivity contribution is -0.140.